The van der Waals surface area contributed by atoms with Crippen molar-refractivity contribution < 1.29 is 18.7 Å². The maximum Gasteiger partial charge on any atom is 0.421 e. The van der Waals surface area contributed by atoms with E-state index in [1.807, 2.05) is 6.07 Å². The number of carbonyl (C=O) groups excluding carboxylic acids is 2. The molecule has 1 unspecified atom stereocenters. The Morgan fingerprint density at radius 1 is 1.12 bits per heavy atom. The third-order valence-corrected chi connectivity index (χ3v) is 3.72. The van der Waals surface area contributed by atoms with Gasteiger partial charge in [0, 0.05) is 0 Å². The van der Waals surface area contributed by atoms with Gasteiger partial charge in [0.05, 0.1) is 11.6 Å². The minimum atomic E-state index is -0.751. The predicted molar refractivity (Wildman–Crippen MR) is 88.4 cm³/mol. The summed E-state index contributed by atoms with van der Waals surface area (Å²) in [6.45, 7) is 5.18. The van der Waals surface area contributed by atoms with E-state index in [1.54, 1.807) is 45.0 Å². The number of halogens is 1. The second-order valence-electron chi connectivity index (χ2n) is 6.70. The molecule has 0 saturated carbocycles. The molecule has 124 valence electrons. The fourth-order valence-electron chi connectivity index (χ4n) is 2.80. The van der Waals surface area contributed by atoms with Crippen LogP contribution in [0.15, 0.2) is 48.5 Å². The lowest BCUT2D eigenvalue weighted by atomic mass is 9.93. The summed E-state index contributed by atoms with van der Waals surface area (Å²) < 4.78 is 19.1. The highest BCUT2D eigenvalue weighted by Gasteiger charge is 2.43. The molecule has 0 aromatic heterocycles. The van der Waals surface area contributed by atoms with Gasteiger partial charge in [-0.05, 0) is 50.1 Å². The van der Waals surface area contributed by atoms with Crippen molar-refractivity contribution in [1.29, 1.82) is 0 Å². The van der Waals surface area contributed by atoms with Gasteiger partial charge < -0.3 is 4.74 Å². The summed E-state index contributed by atoms with van der Waals surface area (Å²) in [6.07, 6.45) is -0.751. The zero-order chi connectivity index (χ0) is 17.5. The van der Waals surface area contributed by atoms with Crippen LogP contribution in [0.25, 0.3) is 0 Å². The van der Waals surface area contributed by atoms with E-state index in [0.717, 1.165) is 4.90 Å². The molecule has 2 aromatic carbocycles. The molecule has 4 nitrogen and oxygen atoms in total. The molecule has 0 bridgehead atoms. The third-order valence-electron chi connectivity index (χ3n) is 3.72. The summed E-state index contributed by atoms with van der Waals surface area (Å²) in [5.41, 5.74) is 0.810. The quantitative estimate of drug-likeness (QED) is 0.787. The van der Waals surface area contributed by atoms with E-state index in [9.17, 15) is 14.0 Å². The first-order valence-corrected chi connectivity index (χ1v) is 7.69. The Labute approximate surface area is 139 Å². The van der Waals surface area contributed by atoms with Crippen molar-refractivity contribution in [3.05, 3.63) is 65.5 Å². The summed E-state index contributed by atoms with van der Waals surface area (Å²) >= 11 is 0. The average Bonchev–Trinajstić information content (AvgIpc) is 2.77. The SMILES string of the molecule is CC(C)(C)OC(=O)N1C(=O)C(c2ccccc2)c2cc(F)ccc21. The number of ether oxygens (including phenoxy) is 1. The maximum atomic E-state index is 13.7. The van der Waals surface area contributed by atoms with Crippen LogP contribution in [0, 0.1) is 5.82 Å². The third kappa shape index (κ3) is 2.89. The van der Waals surface area contributed by atoms with E-state index < -0.39 is 29.3 Å². The van der Waals surface area contributed by atoms with Crippen LogP contribution in [0.5, 0.6) is 0 Å². The molecular formula is C19H18FNO3. The summed E-state index contributed by atoms with van der Waals surface area (Å²) in [7, 11) is 0. The lowest BCUT2D eigenvalue weighted by Gasteiger charge is -2.24. The number of fused-ring (bicyclic) bond motifs is 1. The average molecular weight is 327 g/mol. The molecule has 0 spiro atoms. The van der Waals surface area contributed by atoms with Crippen molar-refractivity contribution in [1.82, 2.24) is 0 Å². The highest BCUT2D eigenvalue weighted by Crippen LogP contribution is 2.42. The number of anilines is 1. The van der Waals surface area contributed by atoms with Gasteiger partial charge in [-0.25, -0.2) is 14.1 Å². The molecule has 0 aliphatic carbocycles. The van der Waals surface area contributed by atoms with Gasteiger partial charge in [-0.2, -0.15) is 0 Å². The van der Waals surface area contributed by atoms with E-state index in [1.165, 1.54) is 18.2 Å². The molecule has 5 heteroatoms. The zero-order valence-electron chi connectivity index (χ0n) is 13.7. The minimum absolute atomic E-state index is 0.365. The van der Waals surface area contributed by atoms with Gasteiger partial charge in [0.2, 0.25) is 5.91 Å². The number of hydrogen-bond donors (Lipinski definition) is 0. The number of carbonyl (C=O) groups is 2. The van der Waals surface area contributed by atoms with Crippen LogP contribution >= 0.6 is 0 Å². The Hall–Kier alpha value is -2.69. The molecular weight excluding hydrogens is 309 g/mol. The summed E-state index contributed by atoms with van der Waals surface area (Å²) in [5, 5.41) is 0. The van der Waals surface area contributed by atoms with Gasteiger partial charge >= 0.3 is 6.09 Å². The number of imide groups is 1. The van der Waals surface area contributed by atoms with Crippen LogP contribution in [0.2, 0.25) is 0 Å². The molecule has 2 aromatic rings. The number of benzene rings is 2. The summed E-state index contributed by atoms with van der Waals surface area (Å²) in [5.74, 6) is -1.60. The second-order valence-corrected chi connectivity index (χ2v) is 6.70. The zero-order valence-corrected chi connectivity index (χ0v) is 13.7. The monoisotopic (exact) mass is 327 g/mol. The van der Waals surface area contributed by atoms with E-state index >= 15 is 0 Å². The van der Waals surface area contributed by atoms with E-state index in [0.29, 0.717) is 16.8 Å². The van der Waals surface area contributed by atoms with Crippen molar-refractivity contribution in [3.8, 4) is 0 Å². The number of hydrogen-bond acceptors (Lipinski definition) is 3. The van der Waals surface area contributed by atoms with Crippen LogP contribution in [-0.4, -0.2) is 17.6 Å². The van der Waals surface area contributed by atoms with E-state index in [-0.39, 0.29) is 0 Å². The van der Waals surface area contributed by atoms with Crippen LogP contribution in [0.3, 0.4) is 0 Å². The Balaban J connectivity index is 2.08. The molecule has 1 heterocycles. The van der Waals surface area contributed by atoms with Gasteiger partial charge in [0.25, 0.3) is 0 Å². The van der Waals surface area contributed by atoms with Gasteiger partial charge in [0.1, 0.15) is 11.4 Å². The Bertz CT molecular complexity index is 796. The molecule has 0 N–H and O–H groups in total. The lowest BCUT2D eigenvalue weighted by molar-refractivity contribution is -0.118. The second kappa shape index (κ2) is 5.74. The molecule has 24 heavy (non-hydrogen) atoms. The van der Waals surface area contributed by atoms with Crippen molar-refractivity contribution in [3.63, 3.8) is 0 Å². The molecule has 1 atom stereocenters. The molecule has 0 saturated heterocycles. The number of rotatable bonds is 1. The maximum absolute atomic E-state index is 13.7. The first-order valence-electron chi connectivity index (χ1n) is 7.69. The van der Waals surface area contributed by atoms with Crippen LogP contribution in [0.1, 0.15) is 37.8 Å². The van der Waals surface area contributed by atoms with Crippen molar-refractivity contribution in [2.24, 2.45) is 0 Å². The molecule has 2 amide bonds. The highest BCUT2D eigenvalue weighted by atomic mass is 19.1. The molecule has 0 radical (unpaired) electrons. The summed E-state index contributed by atoms with van der Waals surface area (Å²) in [4.78, 5) is 26.4. The molecule has 0 fully saturated rings. The number of amides is 2. The number of nitrogens with zero attached hydrogens (tertiary/aromatic N) is 1. The van der Waals surface area contributed by atoms with Gasteiger partial charge in [-0.15, -0.1) is 0 Å². The Morgan fingerprint density at radius 2 is 1.79 bits per heavy atom. The van der Waals surface area contributed by atoms with Gasteiger partial charge in [0.15, 0.2) is 0 Å². The normalized spacial score (nSPS) is 16.9. The van der Waals surface area contributed by atoms with Crippen LogP contribution in [-0.2, 0) is 9.53 Å². The topological polar surface area (TPSA) is 46.6 Å². The first-order chi connectivity index (χ1) is 11.3. The van der Waals surface area contributed by atoms with E-state index in [4.69, 9.17) is 4.74 Å². The lowest BCUT2D eigenvalue weighted by Crippen LogP contribution is -2.39. The molecule has 1 aliphatic rings. The van der Waals surface area contributed by atoms with Gasteiger partial charge in [-0.1, -0.05) is 30.3 Å². The predicted octanol–water partition coefficient (Wildman–Crippen LogP) is 4.24. The van der Waals surface area contributed by atoms with Crippen molar-refractivity contribution >= 4 is 17.7 Å². The van der Waals surface area contributed by atoms with E-state index in [2.05, 4.69) is 0 Å². The Kier molecular flexibility index (Phi) is 3.87. The van der Waals surface area contributed by atoms with Crippen molar-refractivity contribution in [2.45, 2.75) is 32.3 Å². The molecule has 3 rings (SSSR count). The fourth-order valence-corrected chi connectivity index (χ4v) is 2.80. The first kappa shape index (κ1) is 16.2. The highest BCUT2D eigenvalue weighted by molar-refractivity contribution is 6.20. The standard InChI is InChI=1S/C19H18FNO3/c1-19(2,3)24-18(23)21-15-10-9-13(20)11-14(15)16(17(21)22)12-7-5-4-6-8-12/h4-11,16H,1-3H3. The fraction of sp³-hybridized carbons (Fsp3) is 0.263. The van der Waals surface area contributed by atoms with Crippen LogP contribution < -0.4 is 4.90 Å². The smallest absolute Gasteiger partial charge is 0.421 e. The minimum Gasteiger partial charge on any atom is -0.443 e. The largest absolute Gasteiger partial charge is 0.443 e. The van der Waals surface area contributed by atoms with Crippen molar-refractivity contribution in [2.75, 3.05) is 4.90 Å². The summed E-state index contributed by atoms with van der Waals surface area (Å²) in [6, 6.07) is 13.0. The van der Waals surface area contributed by atoms with Gasteiger partial charge in [-0.3, -0.25) is 4.79 Å². The Morgan fingerprint density at radius 3 is 2.42 bits per heavy atom. The molecule has 1 aliphatic heterocycles. The van der Waals surface area contributed by atoms with Crippen LogP contribution in [0.4, 0.5) is 14.9 Å².